The monoisotopic (exact) mass is 226 g/mol. The summed E-state index contributed by atoms with van der Waals surface area (Å²) >= 11 is 1.92. The molecule has 0 aromatic heterocycles. The number of aliphatic hydroxyl groups is 1. The molecule has 0 saturated carbocycles. The molecule has 0 aromatic rings. The zero-order valence-electron chi connectivity index (χ0n) is 9.67. The van der Waals surface area contributed by atoms with Gasteiger partial charge in [-0.3, -0.25) is 0 Å². The van der Waals surface area contributed by atoms with Gasteiger partial charge in [-0.25, -0.2) is 0 Å². The van der Waals surface area contributed by atoms with Crippen LogP contribution in [0.2, 0.25) is 0 Å². The molecule has 0 spiro atoms. The fourth-order valence-corrected chi connectivity index (χ4v) is 4.07. The highest BCUT2D eigenvalue weighted by Gasteiger charge is 2.41. The van der Waals surface area contributed by atoms with Crippen LogP contribution in [0, 0.1) is 0 Å². The van der Waals surface area contributed by atoms with Crippen molar-refractivity contribution in [2.75, 3.05) is 5.75 Å². The maximum Gasteiger partial charge on any atom is 0.0979 e. The SMILES string of the molecule is CC1SCCC1(O)C1=CCCCCCC1. The summed E-state index contributed by atoms with van der Waals surface area (Å²) in [6, 6.07) is 0. The molecule has 2 rings (SSSR count). The molecule has 15 heavy (non-hydrogen) atoms. The van der Waals surface area contributed by atoms with E-state index in [4.69, 9.17) is 0 Å². The average Bonchev–Trinajstić information content (AvgIpc) is 2.47. The van der Waals surface area contributed by atoms with E-state index in [1.807, 2.05) is 11.8 Å². The van der Waals surface area contributed by atoms with Gasteiger partial charge in [-0.05, 0) is 43.4 Å². The Balaban J connectivity index is 2.12. The predicted octanol–water partition coefficient (Wildman–Crippen LogP) is 3.52. The quantitative estimate of drug-likeness (QED) is 0.690. The van der Waals surface area contributed by atoms with E-state index in [0.717, 1.165) is 18.6 Å². The van der Waals surface area contributed by atoms with Crippen molar-refractivity contribution in [3.63, 3.8) is 0 Å². The summed E-state index contributed by atoms with van der Waals surface area (Å²) in [7, 11) is 0. The lowest BCUT2D eigenvalue weighted by atomic mass is 9.83. The molecular formula is C13H22OS. The minimum Gasteiger partial charge on any atom is -0.384 e. The average molecular weight is 226 g/mol. The molecule has 0 bridgehead atoms. The first-order valence-corrected chi connectivity index (χ1v) is 7.32. The van der Waals surface area contributed by atoms with Crippen LogP contribution in [0.1, 0.15) is 51.9 Å². The normalized spacial score (nSPS) is 38.3. The minimum absolute atomic E-state index is 0.392. The molecule has 1 heterocycles. The van der Waals surface area contributed by atoms with Crippen LogP contribution in [0.25, 0.3) is 0 Å². The number of hydrogen-bond acceptors (Lipinski definition) is 2. The van der Waals surface area contributed by atoms with Crippen molar-refractivity contribution in [1.29, 1.82) is 0 Å². The number of allylic oxidation sites excluding steroid dienone is 1. The third-order valence-electron chi connectivity index (χ3n) is 3.87. The highest BCUT2D eigenvalue weighted by molar-refractivity contribution is 8.00. The first kappa shape index (κ1) is 11.5. The highest BCUT2D eigenvalue weighted by atomic mass is 32.2. The third-order valence-corrected chi connectivity index (χ3v) is 5.20. The van der Waals surface area contributed by atoms with Crippen LogP contribution in [-0.4, -0.2) is 21.7 Å². The molecule has 0 amide bonds. The van der Waals surface area contributed by atoms with Gasteiger partial charge in [0, 0.05) is 5.25 Å². The molecule has 1 aliphatic carbocycles. The fourth-order valence-electron chi connectivity index (χ4n) is 2.74. The lowest BCUT2D eigenvalue weighted by Gasteiger charge is -2.31. The van der Waals surface area contributed by atoms with Crippen molar-refractivity contribution in [3.8, 4) is 0 Å². The van der Waals surface area contributed by atoms with Gasteiger partial charge in [0.25, 0.3) is 0 Å². The minimum atomic E-state index is -0.470. The van der Waals surface area contributed by atoms with E-state index in [2.05, 4.69) is 13.0 Å². The van der Waals surface area contributed by atoms with Gasteiger partial charge in [0.1, 0.15) is 0 Å². The molecular weight excluding hydrogens is 204 g/mol. The largest absolute Gasteiger partial charge is 0.384 e. The van der Waals surface area contributed by atoms with Crippen molar-refractivity contribution >= 4 is 11.8 Å². The van der Waals surface area contributed by atoms with Gasteiger partial charge in [0.15, 0.2) is 0 Å². The number of hydrogen-bond donors (Lipinski definition) is 1. The van der Waals surface area contributed by atoms with Gasteiger partial charge in [-0.15, -0.1) is 0 Å². The van der Waals surface area contributed by atoms with Gasteiger partial charge >= 0.3 is 0 Å². The van der Waals surface area contributed by atoms with E-state index in [-0.39, 0.29) is 0 Å². The lowest BCUT2D eigenvalue weighted by Crippen LogP contribution is -2.37. The van der Waals surface area contributed by atoms with Crippen LogP contribution < -0.4 is 0 Å². The third kappa shape index (κ3) is 2.42. The molecule has 2 unspecified atom stereocenters. The molecule has 1 saturated heterocycles. The smallest absolute Gasteiger partial charge is 0.0979 e. The topological polar surface area (TPSA) is 20.2 Å². The van der Waals surface area contributed by atoms with Crippen molar-refractivity contribution in [2.45, 2.75) is 62.7 Å². The second kappa shape index (κ2) is 4.92. The van der Waals surface area contributed by atoms with E-state index in [0.29, 0.717) is 5.25 Å². The molecule has 1 N–H and O–H groups in total. The van der Waals surface area contributed by atoms with E-state index in [1.165, 1.54) is 37.7 Å². The molecule has 1 aliphatic heterocycles. The number of rotatable bonds is 1. The van der Waals surface area contributed by atoms with E-state index in [1.54, 1.807) is 0 Å². The maximum atomic E-state index is 10.7. The van der Waals surface area contributed by atoms with Gasteiger partial charge in [0.2, 0.25) is 0 Å². The van der Waals surface area contributed by atoms with Crippen LogP contribution >= 0.6 is 11.8 Å². The Morgan fingerprint density at radius 2 is 2.13 bits per heavy atom. The molecule has 0 aromatic carbocycles. The maximum absolute atomic E-state index is 10.7. The predicted molar refractivity (Wildman–Crippen MR) is 67.3 cm³/mol. The molecule has 2 aliphatic rings. The Morgan fingerprint density at radius 1 is 1.33 bits per heavy atom. The van der Waals surface area contributed by atoms with Crippen LogP contribution in [0.15, 0.2) is 11.6 Å². The Labute approximate surface area is 97.3 Å². The molecule has 2 atom stereocenters. The number of thioether (sulfide) groups is 1. The molecule has 86 valence electrons. The van der Waals surface area contributed by atoms with Crippen LogP contribution in [0.5, 0.6) is 0 Å². The molecule has 1 nitrogen and oxygen atoms in total. The van der Waals surface area contributed by atoms with Crippen LogP contribution in [0.3, 0.4) is 0 Å². The summed E-state index contributed by atoms with van der Waals surface area (Å²) in [4.78, 5) is 0. The first-order chi connectivity index (χ1) is 7.23. The van der Waals surface area contributed by atoms with E-state index in [9.17, 15) is 5.11 Å². The van der Waals surface area contributed by atoms with Crippen molar-refractivity contribution in [2.24, 2.45) is 0 Å². The van der Waals surface area contributed by atoms with Crippen molar-refractivity contribution in [3.05, 3.63) is 11.6 Å². The Kier molecular flexibility index (Phi) is 3.78. The summed E-state index contributed by atoms with van der Waals surface area (Å²) in [6.07, 6.45) is 10.9. The zero-order chi connectivity index (χ0) is 10.7. The highest BCUT2D eigenvalue weighted by Crippen LogP contribution is 2.42. The first-order valence-electron chi connectivity index (χ1n) is 6.27. The van der Waals surface area contributed by atoms with Crippen molar-refractivity contribution in [1.82, 2.24) is 0 Å². The fraction of sp³-hybridized carbons (Fsp3) is 0.846. The van der Waals surface area contributed by atoms with E-state index < -0.39 is 5.60 Å². The lowest BCUT2D eigenvalue weighted by molar-refractivity contribution is 0.0794. The molecule has 1 fully saturated rings. The van der Waals surface area contributed by atoms with Crippen LogP contribution in [0.4, 0.5) is 0 Å². The second-order valence-electron chi connectivity index (χ2n) is 4.87. The Hall–Kier alpha value is 0.0500. The summed E-state index contributed by atoms with van der Waals surface area (Å²) in [5.41, 5.74) is 0.877. The summed E-state index contributed by atoms with van der Waals surface area (Å²) in [5, 5.41) is 11.1. The van der Waals surface area contributed by atoms with Crippen LogP contribution in [-0.2, 0) is 0 Å². The zero-order valence-corrected chi connectivity index (χ0v) is 10.5. The second-order valence-corrected chi connectivity index (χ2v) is 6.32. The van der Waals surface area contributed by atoms with Gasteiger partial charge < -0.3 is 5.11 Å². The Morgan fingerprint density at radius 3 is 2.87 bits per heavy atom. The molecule has 0 radical (unpaired) electrons. The van der Waals surface area contributed by atoms with Crippen molar-refractivity contribution < 1.29 is 5.11 Å². The molecule has 2 heteroatoms. The van der Waals surface area contributed by atoms with Gasteiger partial charge in [-0.1, -0.05) is 25.8 Å². The summed E-state index contributed by atoms with van der Waals surface area (Å²) in [6.45, 7) is 2.18. The standard InChI is InChI=1S/C13H22OS/c1-11-13(14,9-10-15-11)12-7-5-3-2-4-6-8-12/h7,11,14H,2-6,8-10H2,1H3. The van der Waals surface area contributed by atoms with Gasteiger partial charge in [-0.2, -0.15) is 11.8 Å². The summed E-state index contributed by atoms with van der Waals surface area (Å²) in [5.74, 6) is 1.12. The summed E-state index contributed by atoms with van der Waals surface area (Å²) < 4.78 is 0. The van der Waals surface area contributed by atoms with E-state index >= 15 is 0 Å². The Bertz CT molecular complexity index is 249. The van der Waals surface area contributed by atoms with Gasteiger partial charge in [0.05, 0.1) is 5.60 Å².